The van der Waals surface area contributed by atoms with Gasteiger partial charge in [-0.25, -0.2) is 0 Å². The summed E-state index contributed by atoms with van der Waals surface area (Å²) in [6, 6.07) is 9.72. The van der Waals surface area contributed by atoms with E-state index in [1.165, 1.54) is 16.8 Å². The van der Waals surface area contributed by atoms with E-state index in [2.05, 4.69) is 68.8 Å². The van der Waals surface area contributed by atoms with Crippen LogP contribution in [0.1, 0.15) is 21.5 Å². The largest absolute Gasteiger partial charge is 0.506 e. The molecule has 25 heavy (non-hydrogen) atoms. The first-order chi connectivity index (χ1) is 11.9. The Kier molecular flexibility index (Phi) is 5.39. The summed E-state index contributed by atoms with van der Waals surface area (Å²) in [7, 11) is 0. The van der Waals surface area contributed by atoms with Crippen molar-refractivity contribution in [2.75, 3.05) is 31.1 Å². The molecule has 1 aliphatic rings. The highest BCUT2D eigenvalue weighted by Gasteiger charge is 2.25. The number of anilines is 1. The number of piperazine rings is 1. The number of halogens is 2. The molecule has 1 heterocycles. The molecule has 0 aromatic heterocycles. The monoisotopic (exact) mass is 466 g/mol. The quantitative estimate of drug-likeness (QED) is 0.707. The molecule has 1 amide bonds. The fourth-order valence-electron chi connectivity index (χ4n) is 3.13. The third kappa shape index (κ3) is 3.70. The van der Waals surface area contributed by atoms with Crippen LogP contribution in [0, 0.1) is 13.8 Å². The number of benzene rings is 2. The molecule has 132 valence electrons. The molecule has 0 saturated carbocycles. The van der Waals surface area contributed by atoms with Gasteiger partial charge in [-0.2, -0.15) is 0 Å². The average molecular weight is 468 g/mol. The summed E-state index contributed by atoms with van der Waals surface area (Å²) >= 11 is 6.66. The summed E-state index contributed by atoms with van der Waals surface area (Å²) in [4.78, 5) is 16.9. The molecule has 4 nitrogen and oxygen atoms in total. The van der Waals surface area contributed by atoms with Crippen LogP contribution in [-0.2, 0) is 0 Å². The summed E-state index contributed by atoms with van der Waals surface area (Å²) in [5.41, 5.74) is 4.12. The minimum Gasteiger partial charge on any atom is -0.506 e. The molecule has 0 aliphatic carbocycles. The molecule has 3 rings (SSSR count). The molecule has 6 heteroatoms. The zero-order valence-electron chi connectivity index (χ0n) is 14.2. The van der Waals surface area contributed by atoms with Gasteiger partial charge in [0, 0.05) is 36.3 Å². The fourth-order valence-corrected chi connectivity index (χ4v) is 4.35. The molecule has 0 atom stereocenters. The van der Waals surface area contributed by atoms with E-state index < -0.39 is 0 Å². The lowest BCUT2D eigenvalue weighted by Crippen LogP contribution is -2.49. The number of nitrogens with zero attached hydrogens (tertiary/aromatic N) is 2. The van der Waals surface area contributed by atoms with E-state index in [0.717, 1.165) is 17.6 Å². The summed E-state index contributed by atoms with van der Waals surface area (Å²) in [5.74, 6) is -0.148. The lowest BCUT2D eigenvalue weighted by Gasteiger charge is -2.37. The van der Waals surface area contributed by atoms with E-state index >= 15 is 0 Å². The van der Waals surface area contributed by atoms with Crippen molar-refractivity contribution in [3.8, 4) is 5.75 Å². The SMILES string of the molecule is Cc1cccc(N2CCN(C(=O)c3cc(Br)cc(Br)c3O)CC2)c1C. The zero-order chi connectivity index (χ0) is 18.1. The molecule has 1 N–H and O–H groups in total. The molecule has 1 saturated heterocycles. The fraction of sp³-hybridized carbons (Fsp3) is 0.316. The molecule has 0 unspecified atom stereocenters. The maximum Gasteiger partial charge on any atom is 0.257 e. The van der Waals surface area contributed by atoms with Crippen LogP contribution in [0.3, 0.4) is 0 Å². The number of aryl methyl sites for hydroxylation is 1. The smallest absolute Gasteiger partial charge is 0.257 e. The normalized spacial score (nSPS) is 14.7. The lowest BCUT2D eigenvalue weighted by molar-refractivity contribution is 0.0743. The first-order valence-electron chi connectivity index (χ1n) is 8.17. The number of carbonyl (C=O) groups is 1. The summed E-state index contributed by atoms with van der Waals surface area (Å²) in [6.45, 7) is 7.09. The first kappa shape index (κ1) is 18.3. The third-order valence-electron chi connectivity index (χ3n) is 4.74. The van der Waals surface area contributed by atoms with Crippen molar-refractivity contribution in [3.05, 3.63) is 56.0 Å². The van der Waals surface area contributed by atoms with Gasteiger partial charge in [0.25, 0.3) is 5.91 Å². The highest BCUT2D eigenvalue weighted by molar-refractivity contribution is 9.11. The van der Waals surface area contributed by atoms with Crippen LogP contribution in [0.2, 0.25) is 0 Å². The molecular weight excluding hydrogens is 448 g/mol. The second-order valence-corrected chi connectivity index (χ2v) is 8.05. The Bertz CT molecular complexity index is 815. The van der Waals surface area contributed by atoms with Gasteiger partial charge in [-0.05, 0) is 59.1 Å². The second-order valence-electron chi connectivity index (χ2n) is 6.28. The highest BCUT2D eigenvalue weighted by Crippen LogP contribution is 2.33. The van der Waals surface area contributed by atoms with Gasteiger partial charge < -0.3 is 14.9 Å². The van der Waals surface area contributed by atoms with E-state index in [1.807, 2.05) is 0 Å². The van der Waals surface area contributed by atoms with Crippen molar-refractivity contribution in [1.29, 1.82) is 0 Å². The van der Waals surface area contributed by atoms with Gasteiger partial charge in [0.15, 0.2) is 0 Å². The number of aromatic hydroxyl groups is 1. The van der Waals surface area contributed by atoms with Crippen LogP contribution in [0.5, 0.6) is 5.75 Å². The Balaban J connectivity index is 1.74. The van der Waals surface area contributed by atoms with Gasteiger partial charge in [0.05, 0.1) is 10.0 Å². The summed E-state index contributed by atoms with van der Waals surface area (Å²) < 4.78 is 1.27. The van der Waals surface area contributed by atoms with Gasteiger partial charge in [-0.15, -0.1) is 0 Å². The van der Waals surface area contributed by atoms with Gasteiger partial charge >= 0.3 is 0 Å². The van der Waals surface area contributed by atoms with Gasteiger partial charge in [0.2, 0.25) is 0 Å². The average Bonchev–Trinajstić information content (AvgIpc) is 2.60. The van der Waals surface area contributed by atoms with E-state index in [1.54, 1.807) is 17.0 Å². The molecule has 2 aromatic rings. The Morgan fingerprint density at radius 2 is 1.76 bits per heavy atom. The number of hydrogen-bond donors (Lipinski definition) is 1. The minimum absolute atomic E-state index is 0.00911. The van der Waals surface area contributed by atoms with E-state index in [-0.39, 0.29) is 11.7 Å². The van der Waals surface area contributed by atoms with Crippen LogP contribution >= 0.6 is 31.9 Å². The topological polar surface area (TPSA) is 43.8 Å². The molecule has 0 bridgehead atoms. The number of carbonyl (C=O) groups excluding carboxylic acids is 1. The van der Waals surface area contributed by atoms with Crippen molar-refractivity contribution < 1.29 is 9.90 Å². The molecule has 1 aliphatic heterocycles. The van der Waals surface area contributed by atoms with E-state index in [4.69, 9.17) is 0 Å². The Morgan fingerprint density at radius 3 is 2.44 bits per heavy atom. The van der Waals surface area contributed by atoms with Crippen molar-refractivity contribution in [1.82, 2.24) is 4.90 Å². The van der Waals surface area contributed by atoms with Crippen molar-refractivity contribution in [3.63, 3.8) is 0 Å². The Morgan fingerprint density at radius 1 is 1.08 bits per heavy atom. The van der Waals surface area contributed by atoms with E-state index in [9.17, 15) is 9.90 Å². The number of amides is 1. The predicted molar refractivity (Wildman–Crippen MR) is 108 cm³/mol. The minimum atomic E-state index is -0.139. The molecule has 0 radical (unpaired) electrons. The van der Waals surface area contributed by atoms with Gasteiger partial charge in [-0.1, -0.05) is 28.1 Å². The molecule has 1 fully saturated rings. The first-order valence-corrected chi connectivity index (χ1v) is 9.75. The lowest BCUT2D eigenvalue weighted by atomic mass is 10.1. The summed E-state index contributed by atoms with van der Waals surface area (Å²) in [5, 5.41) is 10.2. The van der Waals surface area contributed by atoms with Crippen molar-refractivity contribution >= 4 is 43.5 Å². The molecule has 2 aromatic carbocycles. The van der Waals surface area contributed by atoms with Crippen LogP contribution < -0.4 is 4.90 Å². The highest BCUT2D eigenvalue weighted by atomic mass is 79.9. The number of phenols is 1. The third-order valence-corrected chi connectivity index (χ3v) is 5.80. The van der Waals surface area contributed by atoms with E-state index in [0.29, 0.717) is 23.1 Å². The maximum absolute atomic E-state index is 12.8. The molecule has 0 spiro atoms. The standard InChI is InChI=1S/C19H20Br2N2O2/c1-12-4-3-5-17(13(12)2)22-6-8-23(9-7-22)19(25)15-10-14(20)11-16(21)18(15)24/h3-5,10-11,24H,6-9H2,1-2H3. The predicted octanol–water partition coefficient (Wildman–Crippen LogP) is 4.50. The van der Waals surface area contributed by atoms with Crippen LogP contribution in [-0.4, -0.2) is 42.1 Å². The molecular formula is C19H20Br2N2O2. The second kappa shape index (κ2) is 7.38. The van der Waals surface area contributed by atoms with Gasteiger partial charge in [-0.3, -0.25) is 4.79 Å². The van der Waals surface area contributed by atoms with Crippen LogP contribution in [0.15, 0.2) is 39.3 Å². The van der Waals surface area contributed by atoms with Gasteiger partial charge in [0.1, 0.15) is 5.75 Å². The van der Waals surface area contributed by atoms with Crippen LogP contribution in [0.25, 0.3) is 0 Å². The zero-order valence-corrected chi connectivity index (χ0v) is 17.4. The Labute approximate surface area is 164 Å². The Hall–Kier alpha value is -1.53. The summed E-state index contributed by atoms with van der Waals surface area (Å²) in [6.07, 6.45) is 0. The maximum atomic E-state index is 12.8. The van der Waals surface area contributed by atoms with Crippen molar-refractivity contribution in [2.45, 2.75) is 13.8 Å². The number of phenolic OH excluding ortho intramolecular Hbond substituents is 1. The number of rotatable bonds is 2. The van der Waals surface area contributed by atoms with Crippen molar-refractivity contribution in [2.24, 2.45) is 0 Å². The van der Waals surface area contributed by atoms with Crippen LogP contribution in [0.4, 0.5) is 5.69 Å². The number of hydrogen-bond acceptors (Lipinski definition) is 3.